The Morgan fingerprint density at radius 1 is 0.905 bits per heavy atom. The Labute approximate surface area is 130 Å². The van der Waals surface area contributed by atoms with Crippen LogP contribution in [0, 0.1) is 17.8 Å². The molecule has 21 heavy (non-hydrogen) atoms. The van der Waals surface area contributed by atoms with Crippen molar-refractivity contribution >= 4 is 5.91 Å². The molecule has 4 aliphatic rings. The van der Waals surface area contributed by atoms with Crippen molar-refractivity contribution in [3.8, 4) is 0 Å². The number of hydrogen-bond acceptors (Lipinski definition) is 1. The number of hydrogen-bond donors (Lipinski definition) is 1. The third kappa shape index (κ3) is 3.81. The summed E-state index contributed by atoms with van der Waals surface area (Å²) in [5.41, 5.74) is 0.216. The number of amides is 1. The molecule has 2 heteroatoms. The molecule has 4 bridgehead atoms. The summed E-state index contributed by atoms with van der Waals surface area (Å²) < 4.78 is 0. The molecule has 1 N–H and O–H groups in total. The molecule has 2 nitrogen and oxygen atoms in total. The Morgan fingerprint density at radius 2 is 1.43 bits per heavy atom. The van der Waals surface area contributed by atoms with Crippen molar-refractivity contribution in [3.05, 3.63) is 0 Å². The fourth-order valence-corrected chi connectivity index (χ4v) is 5.69. The Kier molecular flexibility index (Phi) is 4.91. The molecule has 120 valence electrons. The minimum absolute atomic E-state index is 0.216. The summed E-state index contributed by atoms with van der Waals surface area (Å²) in [4.78, 5) is 12.3. The van der Waals surface area contributed by atoms with Gasteiger partial charge in [-0.3, -0.25) is 4.79 Å². The molecule has 0 aromatic heterocycles. The van der Waals surface area contributed by atoms with E-state index in [2.05, 4.69) is 12.2 Å². The van der Waals surface area contributed by atoms with Crippen molar-refractivity contribution < 1.29 is 4.79 Å². The highest BCUT2D eigenvalue weighted by Crippen LogP contribution is 2.55. The Bertz CT molecular complexity index is 327. The maximum absolute atomic E-state index is 12.3. The SMILES string of the molecule is CCCCCCCCC(=O)NC12CC3CC(CC(C3)C1)C2. The fraction of sp³-hybridized carbons (Fsp3) is 0.947. The van der Waals surface area contributed by atoms with Crippen molar-refractivity contribution in [1.82, 2.24) is 5.32 Å². The second-order valence-electron chi connectivity index (χ2n) is 8.26. The molecule has 0 spiro atoms. The standard InChI is InChI=1S/C19H33NO/c1-2-3-4-5-6-7-8-18(21)20-19-12-15-9-16(13-19)11-17(10-15)14-19/h15-17H,2-14H2,1H3,(H,20,21). The maximum Gasteiger partial charge on any atom is 0.220 e. The average molecular weight is 291 g/mol. The van der Waals surface area contributed by atoms with Crippen LogP contribution in [0.3, 0.4) is 0 Å². The van der Waals surface area contributed by atoms with Gasteiger partial charge in [-0.25, -0.2) is 0 Å². The lowest BCUT2D eigenvalue weighted by molar-refractivity contribution is -0.127. The van der Waals surface area contributed by atoms with Crippen molar-refractivity contribution in [2.45, 2.75) is 95.9 Å². The van der Waals surface area contributed by atoms with Crippen LogP contribution in [-0.2, 0) is 4.79 Å². The van der Waals surface area contributed by atoms with Crippen LogP contribution < -0.4 is 5.32 Å². The van der Waals surface area contributed by atoms with Crippen LogP contribution in [0.5, 0.6) is 0 Å². The predicted octanol–water partition coefficient (Wildman–Crippen LogP) is 4.82. The number of carbonyl (C=O) groups excluding carboxylic acids is 1. The molecule has 0 radical (unpaired) electrons. The van der Waals surface area contributed by atoms with E-state index in [1.165, 1.54) is 70.6 Å². The quantitative estimate of drug-likeness (QED) is 0.638. The molecule has 0 saturated heterocycles. The summed E-state index contributed by atoms with van der Waals surface area (Å²) in [6.45, 7) is 2.25. The van der Waals surface area contributed by atoms with Crippen LogP contribution in [0.4, 0.5) is 0 Å². The molecule has 0 atom stereocenters. The van der Waals surface area contributed by atoms with Gasteiger partial charge in [-0.05, 0) is 62.7 Å². The minimum Gasteiger partial charge on any atom is -0.351 e. The van der Waals surface area contributed by atoms with Crippen LogP contribution in [0.15, 0.2) is 0 Å². The van der Waals surface area contributed by atoms with Gasteiger partial charge in [0, 0.05) is 12.0 Å². The van der Waals surface area contributed by atoms with Gasteiger partial charge in [-0.1, -0.05) is 39.0 Å². The third-order valence-electron chi connectivity index (χ3n) is 6.20. The predicted molar refractivity (Wildman–Crippen MR) is 87.0 cm³/mol. The summed E-state index contributed by atoms with van der Waals surface area (Å²) in [5.74, 6) is 3.11. The number of nitrogens with one attached hydrogen (secondary N) is 1. The number of unbranched alkanes of at least 4 members (excludes halogenated alkanes) is 5. The summed E-state index contributed by atoms with van der Waals surface area (Å²) in [6, 6.07) is 0. The molecule has 0 unspecified atom stereocenters. The Morgan fingerprint density at radius 3 is 2.00 bits per heavy atom. The van der Waals surface area contributed by atoms with Crippen molar-refractivity contribution in [1.29, 1.82) is 0 Å². The second-order valence-corrected chi connectivity index (χ2v) is 8.26. The monoisotopic (exact) mass is 291 g/mol. The third-order valence-corrected chi connectivity index (χ3v) is 6.20. The van der Waals surface area contributed by atoms with Crippen molar-refractivity contribution in [2.75, 3.05) is 0 Å². The van der Waals surface area contributed by atoms with Gasteiger partial charge in [0.1, 0.15) is 0 Å². The van der Waals surface area contributed by atoms with E-state index in [-0.39, 0.29) is 5.54 Å². The molecule has 4 saturated carbocycles. The summed E-state index contributed by atoms with van der Waals surface area (Å²) in [6.07, 6.45) is 16.6. The van der Waals surface area contributed by atoms with Crippen molar-refractivity contribution in [2.24, 2.45) is 17.8 Å². The molecule has 0 aromatic rings. The lowest BCUT2D eigenvalue weighted by Gasteiger charge is -2.56. The van der Waals surface area contributed by atoms with E-state index in [1.807, 2.05) is 0 Å². The summed E-state index contributed by atoms with van der Waals surface area (Å²) in [7, 11) is 0. The second kappa shape index (κ2) is 6.71. The van der Waals surface area contributed by atoms with E-state index in [9.17, 15) is 4.79 Å². The largest absolute Gasteiger partial charge is 0.351 e. The normalized spacial score (nSPS) is 36.9. The van der Waals surface area contributed by atoms with E-state index in [0.717, 1.165) is 30.6 Å². The molecule has 4 fully saturated rings. The molecular formula is C19H33NO. The van der Waals surface area contributed by atoms with Gasteiger partial charge in [-0.2, -0.15) is 0 Å². The highest BCUT2D eigenvalue weighted by atomic mass is 16.1. The molecule has 4 rings (SSSR count). The van der Waals surface area contributed by atoms with Gasteiger partial charge >= 0.3 is 0 Å². The molecule has 0 aliphatic heterocycles. The maximum atomic E-state index is 12.3. The van der Waals surface area contributed by atoms with Gasteiger partial charge in [-0.15, -0.1) is 0 Å². The van der Waals surface area contributed by atoms with E-state index in [1.54, 1.807) is 0 Å². The first-order chi connectivity index (χ1) is 10.2. The smallest absolute Gasteiger partial charge is 0.220 e. The van der Waals surface area contributed by atoms with Crippen LogP contribution in [0.1, 0.15) is 90.4 Å². The van der Waals surface area contributed by atoms with Crippen LogP contribution in [-0.4, -0.2) is 11.4 Å². The van der Waals surface area contributed by atoms with Gasteiger partial charge < -0.3 is 5.32 Å². The Hall–Kier alpha value is -0.530. The van der Waals surface area contributed by atoms with Crippen molar-refractivity contribution in [3.63, 3.8) is 0 Å². The van der Waals surface area contributed by atoms with Gasteiger partial charge in [0.25, 0.3) is 0 Å². The number of carbonyl (C=O) groups is 1. The van der Waals surface area contributed by atoms with E-state index >= 15 is 0 Å². The first-order valence-electron chi connectivity index (χ1n) is 9.50. The zero-order valence-electron chi connectivity index (χ0n) is 13.8. The first-order valence-corrected chi connectivity index (χ1v) is 9.50. The van der Waals surface area contributed by atoms with Gasteiger partial charge in [0.15, 0.2) is 0 Å². The Balaban J connectivity index is 1.39. The van der Waals surface area contributed by atoms with Crippen LogP contribution in [0.25, 0.3) is 0 Å². The van der Waals surface area contributed by atoms with E-state index in [0.29, 0.717) is 5.91 Å². The molecule has 1 amide bonds. The van der Waals surface area contributed by atoms with E-state index < -0.39 is 0 Å². The lowest BCUT2D eigenvalue weighted by Crippen LogP contribution is -2.59. The lowest BCUT2D eigenvalue weighted by atomic mass is 9.53. The number of rotatable bonds is 8. The molecule has 0 heterocycles. The zero-order chi connectivity index (χ0) is 14.7. The first kappa shape index (κ1) is 15.4. The van der Waals surface area contributed by atoms with Crippen LogP contribution >= 0.6 is 0 Å². The van der Waals surface area contributed by atoms with E-state index in [4.69, 9.17) is 0 Å². The average Bonchev–Trinajstić information content (AvgIpc) is 2.40. The molecule has 0 aromatic carbocycles. The topological polar surface area (TPSA) is 29.1 Å². The molecule has 4 aliphatic carbocycles. The summed E-state index contributed by atoms with van der Waals surface area (Å²) in [5, 5.41) is 3.49. The molecular weight excluding hydrogens is 258 g/mol. The van der Waals surface area contributed by atoms with Crippen LogP contribution in [0.2, 0.25) is 0 Å². The minimum atomic E-state index is 0.216. The van der Waals surface area contributed by atoms with Gasteiger partial charge in [0.2, 0.25) is 5.91 Å². The summed E-state index contributed by atoms with van der Waals surface area (Å²) >= 11 is 0. The highest BCUT2D eigenvalue weighted by Gasteiger charge is 2.51. The highest BCUT2D eigenvalue weighted by molar-refractivity contribution is 5.76. The fourth-order valence-electron chi connectivity index (χ4n) is 5.69. The zero-order valence-corrected chi connectivity index (χ0v) is 13.8. The van der Waals surface area contributed by atoms with Gasteiger partial charge in [0.05, 0.1) is 0 Å².